The molecule has 0 spiro atoms. The number of aryl methyl sites for hydroxylation is 1. The maximum absolute atomic E-state index is 14.2. The number of halogens is 1. The summed E-state index contributed by atoms with van der Waals surface area (Å²) in [6.07, 6.45) is 0. The molecule has 3 aromatic carbocycles. The minimum Gasteiger partial charge on any atom is -0.399 e. The summed E-state index contributed by atoms with van der Waals surface area (Å²) in [6.45, 7) is 1.60. The largest absolute Gasteiger partial charge is 0.399 e. The van der Waals surface area contributed by atoms with Crippen molar-refractivity contribution >= 4 is 22.2 Å². The van der Waals surface area contributed by atoms with Crippen LogP contribution in [-0.4, -0.2) is 5.78 Å². The molecule has 0 aliphatic heterocycles. The van der Waals surface area contributed by atoms with Crippen molar-refractivity contribution in [3.63, 3.8) is 0 Å². The maximum atomic E-state index is 14.2. The Kier molecular flexibility index (Phi) is 3.18. The minimum absolute atomic E-state index is 0.0175. The molecule has 0 bridgehead atoms. The normalized spacial score (nSPS) is 10.8. The molecule has 2 N–H and O–H groups in total. The van der Waals surface area contributed by atoms with Crippen molar-refractivity contribution in [3.05, 3.63) is 77.1 Å². The highest BCUT2D eigenvalue weighted by Gasteiger charge is 2.18. The summed E-state index contributed by atoms with van der Waals surface area (Å²) in [5, 5.41) is 1.76. The summed E-state index contributed by atoms with van der Waals surface area (Å²) in [6, 6.07) is 15.9. The van der Waals surface area contributed by atoms with Crippen molar-refractivity contribution < 1.29 is 9.18 Å². The third-order valence-electron chi connectivity index (χ3n) is 3.56. The Hall–Kier alpha value is -2.68. The molecule has 3 aromatic rings. The van der Waals surface area contributed by atoms with E-state index in [4.69, 9.17) is 5.73 Å². The van der Waals surface area contributed by atoms with Crippen molar-refractivity contribution in [2.75, 3.05) is 5.73 Å². The topological polar surface area (TPSA) is 43.1 Å². The summed E-state index contributed by atoms with van der Waals surface area (Å²) in [7, 11) is 0. The predicted octanol–water partition coefficient (Wildman–Crippen LogP) is 4.10. The monoisotopic (exact) mass is 279 g/mol. The molecule has 0 heterocycles. The lowest BCUT2D eigenvalue weighted by molar-refractivity contribution is 0.103. The minimum atomic E-state index is -0.512. The van der Waals surface area contributed by atoms with Crippen LogP contribution in [0.25, 0.3) is 10.8 Å². The summed E-state index contributed by atoms with van der Waals surface area (Å²) >= 11 is 0. The molecule has 0 radical (unpaired) electrons. The highest BCUT2D eigenvalue weighted by molar-refractivity contribution is 6.16. The number of hydrogen-bond donors (Lipinski definition) is 1. The van der Waals surface area contributed by atoms with Crippen LogP contribution in [0.2, 0.25) is 0 Å². The van der Waals surface area contributed by atoms with Gasteiger partial charge in [0.1, 0.15) is 5.82 Å². The van der Waals surface area contributed by atoms with Crippen molar-refractivity contribution in [1.82, 2.24) is 0 Å². The van der Waals surface area contributed by atoms with E-state index in [1.54, 1.807) is 19.1 Å². The first-order chi connectivity index (χ1) is 10.1. The van der Waals surface area contributed by atoms with E-state index in [0.717, 1.165) is 10.8 Å². The van der Waals surface area contributed by atoms with Gasteiger partial charge in [0.05, 0.1) is 5.56 Å². The summed E-state index contributed by atoms with van der Waals surface area (Å²) < 4.78 is 14.2. The van der Waals surface area contributed by atoms with Crippen LogP contribution >= 0.6 is 0 Å². The lowest BCUT2D eigenvalue weighted by atomic mass is 9.95. The fourth-order valence-corrected chi connectivity index (χ4v) is 2.53. The first kappa shape index (κ1) is 13.3. The van der Waals surface area contributed by atoms with Gasteiger partial charge >= 0.3 is 0 Å². The number of nitrogens with two attached hydrogens (primary N) is 1. The Balaban J connectivity index is 2.22. The number of hydrogen-bond acceptors (Lipinski definition) is 2. The van der Waals surface area contributed by atoms with Gasteiger partial charge in [-0.2, -0.15) is 0 Å². The van der Waals surface area contributed by atoms with Crippen molar-refractivity contribution in [3.8, 4) is 0 Å². The Bertz CT molecular complexity index is 850. The highest BCUT2D eigenvalue weighted by atomic mass is 19.1. The molecular weight excluding hydrogens is 265 g/mol. The van der Waals surface area contributed by atoms with Crippen molar-refractivity contribution in [2.24, 2.45) is 0 Å². The molecule has 21 heavy (non-hydrogen) atoms. The predicted molar refractivity (Wildman–Crippen MR) is 82.9 cm³/mol. The van der Waals surface area contributed by atoms with E-state index < -0.39 is 5.82 Å². The molecule has 0 saturated carbocycles. The zero-order valence-corrected chi connectivity index (χ0v) is 11.6. The maximum Gasteiger partial charge on any atom is 0.196 e. The zero-order chi connectivity index (χ0) is 15.0. The molecule has 0 amide bonds. The van der Waals surface area contributed by atoms with Crippen LogP contribution in [0.5, 0.6) is 0 Å². The van der Waals surface area contributed by atoms with E-state index in [2.05, 4.69) is 0 Å². The number of ketones is 1. The highest BCUT2D eigenvalue weighted by Crippen LogP contribution is 2.25. The van der Waals surface area contributed by atoms with Gasteiger partial charge in [0, 0.05) is 11.3 Å². The van der Waals surface area contributed by atoms with E-state index in [9.17, 15) is 9.18 Å². The van der Waals surface area contributed by atoms with Crippen molar-refractivity contribution in [1.29, 1.82) is 0 Å². The molecule has 0 fully saturated rings. The van der Waals surface area contributed by atoms with E-state index >= 15 is 0 Å². The number of carbonyl (C=O) groups is 1. The van der Waals surface area contributed by atoms with Crippen LogP contribution in [0.1, 0.15) is 21.5 Å². The molecule has 0 aliphatic carbocycles. The van der Waals surface area contributed by atoms with Crippen LogP contribution in [0.15, 0.2) is 54.6 Å². The van der Waals surface area contributed by atoms with Crippen LogP contribution < -0.4 is 5.73 Å². The summed E-state index contributed by atoms with van der Waals surface area (Å²) in [5.41, 5.74) is 7.00. The van der Waals surface area contributed by atoms with E-state index in [-0.39, 0.29) is 11.3 Å². The number of anilines is 1. The molecule has 2 nitrogen and oxygen atoms in total. The molecule has 0 aliphatic rings. The van der Waals surface area contributed by atoms with E-state index in [0.29, 0.717) is 16.8 Å². The Morgan fingerprint density at radius 1 is 1.00 bits per heavy atom. The van der Waals surface area contributed by atoms with Gasteiger partial charge in [-0.3, -0.25) is 4.79 Å². The zero-order valence-electron chi connectivity index (χ0n) is 11.6. The Labute approximate surface area is 122 Å². The van der Waals surface area contributed by atoms with Gasteiger partial charge in [-0.25, -0.2) is 4.39 Å². The molecule has 104 valence electrons. The molecule has 3 heteroatoms. The van der Waals surface area contributed by atoms with Gasteiger partial charge in [0.25, 0.3) is 0 Å². The fourth-order valence-electron chi connectivity index (χ4n) is 2.53. The Morgan fingerprint density at radius 3 is 2.52 bits per heavy atom. The Morgan fingerprint density at radius 2 is 1.71 bits per heavy atom. The average molecular weight is 279 g/mol. The number of carbonyl (C=O) groups excluding carboxylic acids is 1. The lowest BCUT2D eigenvalue weighted by Crippen LogP contribution is -2.07. The van der Waals surface area contributed by atoms with Gasteiger partial charge in [-0.1, -0.05) is 42.5 Å². The molecular formula is C18H14FNO. The number of nitrogen functional groups attached to an aromatic ring is 1. The van der Waals surface area contributed by atoms with Gasteiger partial charge in [-0.15, -0.1) is 0 Å². The van der Waals surface area contributed by atoms with Gasteiger partial charge in [-0.05, 0) is 35.4 Å². The second-order valence-corrected chi connectivity index (χ2v) is 5.06. The third kappa shape index (κ3) is 2.27. The van der Waals surface area contributed by atoms with E-state index in [1.807, 2.05) is 30.3 Å². The quantitative estimate of drug-likeness (QED) is 0.567. The lowest BCUT2D eigenvalue weighted by Gasteiger charge is -2.09. The standard InChI is InChI=1S/C18H14FNO/c1-11-9-13(20)10-16(17(11)19)18(21)15-8-4-6-12-5-2-3-7-14(12)15/h2-10H,20H2,1H3. The van der Waals surface area contributed by atoms with Crippen LogP contribution in [0, 0.1) is 12.7 Å². The fraction of sp³-hybridized carbons (Fsp3) is 0.0556. The van der Waals surface area contributed by atoms with Crippen LogP contribution in [0.3, 0.4) is 0 Å². The van der Waals surface area contributed by atoms with Crippen LogP contribution in [0.4, 0.5) is 10.1 Å². The van der Waals surface area contributed by atoms with Gasteiger partial charge < -0.3 is 5.73 Å². The van der Waals surface area contributed by atoms with Crippen LogP contribution in [-0.2, 0) is 0 Å². The average Bonchev–Trinajstić information content (AvgIpc) is 2.49. The number of rotatable bonds is 2. The molecule has 0 aromatic heterocycles. The first-order valence-corrected chi connectivity index (χ1v) is 6.66. The molecule has 0 saturated heterocycles. The first-order valence-electron chi connectivity index (χ1n) is 6.66. The van der Waals surface area contributed by atoms with Gasteiger partial charge in [0.15, 0.2) is 5.78 Å². The number of benzene rings is 3. The smallest absolute Gasteiger partial charge is 0.196 e. The number of fused-ring (bicyclic) bond motifs is 1. The molecule has 3 rings (SSSR count). The second-order valence-electron chi connectivity index (χ2n) is 5.06. The molecule has 0 atom stereocenters. The van der Waals surface area contributed by atoms with Gasteiger partial charge in [0.2, 0.25) is 0 Å². The third-order valence-corrected chi connectivity index (χ3v) is 3.56. The van der Waals surface area contributed by atoms with Crippen molar-refractivity contribution in [2.45, 2.75) is 6.92 Å². The summed E-state index contributed by atoms with van der Waals surface area (Å²) in [5.74, 6) is -0.859. The second kappa shape index (κ2) is 5.02. The molecule has 0 unspecified atom stereocenters. The summed E-state index contributed by atoms with van der Waals surface area (Å²) in [4.78, 5) is 12.7. The van der Waals surface area contributed by atoms with E-state index in [1.165, 1.54) is 12.1 Å². The SMILES string of the molecule is Cc1cc(N)cc(C(=O)c2cccc3ccccc23)c1F.